The first-order valence-corrected chi connectivity index (χ1v) is 21.5. The van der Waals surface area contributed by atoms with Gasteiger partial charge in [0.1, 0.15) is 11.6 Å². The summed E-state index contributed by atoms with van der Waals surface area (Å²) in [6.45, 7) is 4.91. The largest absolute Gasteiger partial charge is 1.00 e. The normalized spacial score (nSPS) is 10.9. The molecule has 4 heterocycles. The smallest absolute Gasteiger partial charge is 0.543 e. The van der Waals surface area contributed by atoms with Crippen molar-refractivity contribution in [2.24, 2.45) is 0 Å². The van der Waals surface area contributed by atoms with E-state index in [0.29, 0.717) is 46.3 Å². The number of fused-ring (bicyclic) bond motifs is 2. The summed E-state index contributed by atoms with van der Waals surface area (Å²) in [5.74, 6) is -3.30. The minimum absolute atomic E-state index is 0. The number of hydrogen-bond donors (Lipinski definition) is 4. The number of rotatable bonds is 18. The van der Waals surface area contributed by atoms with E-state index in [0.717, 1.165) is 61.3 Å². The van der Waals surface area contributed by atoms with Gasteiger partial charge in [0.15, 0.2) is 0 Å². The summed E-state index contributed by atoms with van der Waals surface area (Å²) in [6, 6.07) is 26.5. The molecule has 0 fully saturated rings. The van der Waals surface area contributed by atoms with Crippen molar-refractivity contribution in [1.82, 2.24) is 28.2 Å². The number of carbonyl (C=O) groups is 4. The SMILES string of the molecule is CCCCc1ncc(CO)n1Cc1ccc2c(c1)cc(C(=O)[O-])n2-c1ccccc1C(=O)O.CCCCc1ncc(CO)n1Cc1ccc2c(c1)cc(C(=O)[O-])n2-c1ccccc1C(=O)O.[Li+].[Li+]. The molecule has 4 aromatic heterocycles. The summed E-state index contributed by atoms with van der Waals surface area (Å²) in [5, 5.41) is 63.7. The van der Waals surface area contributed by atoms with Crippen molar-refractivity contribution in [2.75, 3.05) is 0 Å². The maximum Gasteiger partial charge on any atom is 1.00 e. The van der Waals surface area contributed by atoms with E-state index in [1.54, 1.807) is 60.9 Å². The Bertz CT molecular complexity index is 2890. The van der Waals surface area contributed by atoms with E-state index in [4.69, 9.17) is 0 Å². The third kappa shape index (κ3) is 11.0. The Hall–Kier alpha value is -6.63. The number of para-hydroxylation sites is 2. The first-order chi connectivity index (χ1) is 31.9. The van der Waals surface area contributed by atoms with Crippen molar-refractivity contribution in [2.45, 2.75) is 78.7 Å². The van der Waals surface area contributed by atoms with Crippen molar-refractivity contribution in [3.8, 4) is 11.4 Å². The zero-order chi connectivity index (χ0) is 47.1. The molecule has 0 amide bonds. The Morgan fingerprint density at radius 3 is 1.28 bits per heavy atom. The Balaban J connectivity index is 0.000000247. The molecule has 18 heteroatoms. The van der Waals surface area contributed by atoms with Gasteiger partial charge in [-0.2, -0.15) is 0 Å². The summed E-state index contributed by atoms with van der Waals surface area (Å²) in [6.07, 6.45) is 9.00. The topological polar surface area (TPSA) is 241 Å². The van der Waals surface area contributed by atoms with Crippen molar-refractivity contribution < 1.29 is 87.5 Å². The van der Waals surface area contributed by atoms with Gasteiger partial charge in [0.25, 0.3) is 0 Å². The number of aryl methyl sites for hydroxylation is 2. The van der Waals surface area contributed by atoms with Gasteiger partial charge in [0.2, 0.25) is 0 Å². The van der Waals surface area contributed by atoms with Crippen molar-refractivity contribution >= 4 is 45.7 Å². The fourth-order valence-electron chi connectivity index (χ4n) is 8.23. The maximum atomic E-state index is 11.9. The summed E-state index contributed by atoms with van der Waals surface area (Å²) in [5.41, 5.74) is 4.60. The number of aromatic nitrogens is 6. The molecule has 8 rings (SSSR count). The van der Waals surface area contributed by atoms with E-state index in [9.17, 15) is 49.8 Å². The summed E-state index contributed by atoms with van der Waals surface area (Å²) < 4.78 is 6.77. The number of aliphatic hydroxyl groups is 2. The molecular formula is C50H48Li2N6O10. The fraction of sp³-hybridized carbons (Fsp3) is 0.240. The molecule has 68 heavy (non-hydrogen) atoms. The third-order valence-electron chi connectivity index (χ3n) is 11.5. The predicted molar refractivity (Wildman–Crippen MR) is 241 cm³/mol. The molecule has 4 N–H and O–H groups in total. The van der Waals surface area contributed by atoms with Crippen LogP contribution in [0.5, 0.6) is 0 Å². The average molecular weight is 907 g/mol. The van der Waals surface area contributed by atoms with E-state index >= 15 is 0 Å². The number of hydrogen-bond acceptors (Lipinski definition) is 10. The van der Waals surface area contributed by atoms with Crippen LogP contribution in [0.15, 0.2) is 109 Å². The van der Waals surface area contributed by atoms with Gasteiger partial charge >= 0.3 is 49.7 Å². The molecule has 340 valence electrons. The van der Waals surface area contributed by atoms with Crippen molar-refractivity contribution in [3.05, 3.63) is 166 Å². The average Bonchev–Trinajstić information content (AvgIpc) is 4.10. The maximum absolute atomic E-state index is 11.9. The van der Waals surface area contributed by atoms with Crippen LogP contribution in [0.25, 0.3) is 33.2 Å². The van der Waals surface area contributed by atoms with Gasteiger partial charge in [-0.3, -0.25) is 0 Å². The van der Waals surface area contributed by atoms with E-state index < -0.39 is 23.9 Å². The van der Waals surface area contributed by atoms with Gasteiger partial charge in [-0.1, -0.05) is 63.1 Å². The number of aliphatic hydroxyl groups excluding tert-OH is 2. The zero-order valence-corrected chi connectivity index (χ0v) is 38.4. The Morgan fingerprint density at radius 2 is 0.941 bits per heavy atom. The van der Waals surface area contributed by atoms with E-state index in [-0.39, 0.29) is 84.8 Å². The van der Waals surface area contributed by atoms with Crippen LogP contribution in [0.2, 0.25) is 0 Å². The Morgan fingerprint density at radius 1 is 0.559 bits per heavy atom. The Labute approximate surface area is 415 Å². The van der Waals surface area contributed by atoms with Crippen LogP contribution in [0.3, 0.4) is 0 Å². The van der Waals surface area contributed by atoms with Crippen LogP contribution in [-0.2, 0) is 39.1 Å². The zero-order valence-electron chi connectivity index (χ0n) is 38.4. The van der Waals surface area contributed by atoms with Gasteiger partial charge in [0, 0.05) is 36.7 Å². The summed E-state index contributed by atoms with van der Waals surface area (Å²) >= 11 is 0. The number of carbonyl (C=O) groups excluding carboxylic acids is 2. The molecule has 0 unspecified atom stereocenters. The molecule has 0 bridgehead atoms. The van der Waals surface area contributed by atoms with E-state index in [1.807, 2.05) is 33.4 Å². The molecule has 0 aliphatic heterocycles. The van der Waals surface area contributed by atoms with Crippen LogP contribution < -0.4 is 47.9 Å². The van der Waals surface area contributed by atoms with Crippen molar-refractivity contribution in [1.29, 1.82) is 0 Å². The number of carboxylic acid groups (broad SMARTS) is 4. The van der Waals surface area contributed by atoms with Crippen LogP contribution in [0.4, 0.5) is 0 Å². The standard InChI is InChI=1S/2C25H25N3O5.2Li/c2*1-2-3-8-23-26-13-18(15-29)27(23)14-16-9-10-20-17(11-16)12-22(25(32)33)28(20)21-7-5-4-6-19(21)24(30)31;;/h2*4-7,9-13,29H,2-3,8,14-15H2,1H3,(H,30,31)(H,32,33);;/q;;2*+1/p-2. The molecule has 0 saturated carbocycles. The molecule has 0 aliphatic carbocycles. The second-order valence-electron chi connectivity index (χ2n) is 15.8. The molecule has 0 spiro atoms. The fourth-order valence-corrected chi connectivity index (χ4v) is 8.23. The molecular weight excluding hydrogens is 858 g/mol. The Kier molecular flexibility index (Phi) is 18.0. The summed E-state index contributed by atoms with van der Waals surface area (Å²) in [4.78, 5) is 56.1. The minimum Gasteiger partial charge on any atom is -0.543 e. The second-order valence-corrected chi connectivity index (χ2v) is 15.8. The predicted octanol–water partition coefficient (Wildman–Crippen LogP) is -0.448. The molecule has 4 aromatic carbocycles. The minimum atomic E-state index is -1.40. The number of aromatic carboxylic acids is 4. The van der Waals surface area contributed by atoms with Crippen LogP contribution >= 0.6 is 0 Å². The van der Waals surface area contributed by atoms with Crippen LogP contribution in [0.1, 0.15) is 115 Å². The monoisotopic (exact) mass is 906 g/mol. The quantitative estimate of drug-likeness (QED) is 0.0802. The van der Waals surface area contributed by atoms with Crippen molar-refractivity contribution in [3.63, 3.8) is 0 Å². The molecule has 0 atom stereocenters. The first-order valence-electron chi connectivity index (χ1n) is 21.5. The number of imidazole rings is 2. The van der Waals surface area contributed by atoms with E-state index in [1.165, 1.54) is 33.4 Å². The van der Waals surface area contributed by atoms with Crippen LogP contribution in [0, 0.1) is 0 Å². The molecule has 0 radical (unpaired) electrons. The van der Waals surface area contributed by atoms with Gasteiger partial charge in [-0.25, -0.2) is 19.6 Å². The third-order valence-corrected chi connectivity index (χ3v) is 11.5. The van der Waals surface area contributed by atoms with Gasteiger partial charge < -0.3 is 58.5 Å². The van der Waals surface area contributed by atoms with Gasteiger partial charge in [-0.05, 0) is 84.6 Å². The van der Waals surface area contributed by atoms with Gasteiger partial charge in [0.05, 0.1) is 93.9 Å². The summed E-state index contributed by atoms with van der Waals surface area (Å²) in [7, 11) is 0. The number of nitrogens with zero attached hydrogens (tertiary/aromatic N) is 6. The molecule has 8 aromatic rings. The number of benzene rings is 4. The first kappa shape index (κ1) is 52.3. The number of unbranched alkanes of at least 4 members (excludes halogenated alkanes) is 2. The van der Waals surface area contributed by atoms with Gasteiger partial charge in [-0.15, -0.1) is 0 Å². The molecule has 0 aliphatic rings. The van der Waals surface area contributed by atoms with E-state index in [2.05, 4.69) is 23.8 Å². The number of carboxylic acids is 4. The second kappa shape index (κ2) is 23.4. The molecule has 0 saturated heterocycles. The molecule has 16 nitrogen and oxygen atoms in total. The van der Waals surface area contributed by atoms with Crippen LogP contribution in [-0.4, -0.2) is 72.5 Å².